The normalized spacial score (nSPS) is 20.9. The van der Waals surface area contributed by atoms with Gasteiger partial charge in [0.25, 0.3) is 0 Å². The van der Waals surface area contributed by atoms with E-state index >= 15 is 0 Å². The molecular formula is C22H23N5O3. The molecule has 30 heavy (non-hydrogen) atoms. The van der Waals surface area contributed by atoms with Gasteiger partial charge < -0.3 is 20.5 Å². The van der Waals surface area contributed by atoms with Gasteiger partial charge in [0.2, 0.25) is 17.5 Å². The predicted molar refractivity (Wildman–Crippen MR) is 109 cm³/mol. The fourth-order valence-electron chi connectivity index (χ4n) is 4.34. The van der Waals surface area contributed by atoms with E-state index in [-0.39, 0.29) is 29.2 Å². The minimum Gasteiger partial charge on any atom is -0.364 e. The van der Waals surface area contributed by atoms with Crippen LogP contribution in [0.15, 0.2) is 41.6 Å². The molecule has 3 N–H and O–H groups in total. The number of aromatic nitrogens is 2. The van der Waals surface area contributed by atoms with Gasteiger partial charge in [0, 0.05) is 25.2 Å². The number of nitrogens with zero attached hydrogens (tertiary/aromatic N) is 3. The average molecular weight is 405 g/mol. The van der Waals surface area contributed by atoms with Crippen LogP contribution in [-0.4, -0.2) is 51.1 Å². The Labute approximate surface area is 173 Å². The van der Waals surface area contributed by atoms with Crippen molar-refractivity contribution in [3.8, 4) is 0 Å². The van der Waals surface area contributed by atoms with Gasteiger partial charge in [-0.3, -0.25) is 14.4 Å². The van der Waals surface area contributed by atoms with Crippen molar-refractivity contribution in [3.05, 3.63) is 64.4 Å². The first-order valence-corrected chi connectivity index (χ1v) is 10.2. The van der Waals surface area contributed by atoms with E-state index in [1.165, 1.54) is 0 Å². The number of carbonyl (C=O) groups is 3. The number of amides is 1. The Morgan fingerprint density at radius 3 is 2.63 bits per heavy atom. The molecule has 1 fully saturated rings. The van der Waals surface area contributed by atoms with Crippen LogP contribution in [0.5, 0.6) is 0 Å². The van der Waals surface area contributed by atoms with Crippen LogP contribution in [0, 0.1) is 0 Å². The van der Waals surface area contributed by atoms with Gasteiger partial charge in [-0.25, -0.2) is 4.98 Å². The lowest BCUT2D eigenvalue weighted by Gasteiger charge is -2.17. The van der Waals surface area contributed by atoms with Crippen molar-refractivity contribution in [1.82, 2.24) is 19.8 Å². The molecule has 3 heterocycles. The summed E-state index contributed by atoms with van der Waals surface area (Å²) in [6, 6.07) is 8.55. The zero-order valence-electron chi connectivity index (χ0n) is 16.7. The molecule has 8 heteroatoms. The molecule has 0 unspecified atom stereocenters. The van der Waals surface area contributed by atoms with Crippen molar-refractivity contribution in [1.29, 1.82) is 0 Å². The Bertz CT molecular complexity index is 1100. The van der Waals surface area contributed by atoms with E-state index in [0.717, 1.165) is 18.7 Å². The number of ketones is 2. The molecule has 0 spiro atoms. The quantitative estimate of drug-likeness (QED) is 0.718. The molecule has 3 aliphatic rings. The Kier molecular flexibility index (Phi) is 4.32. The van der Waals surface area contributed by atoms with Crippen LogP contribution in [0.4, 0.5) is 0 Å². The van der Waals surface area contributed by atoms with E-state index in [0.29, 0.717) is 42.2 Å². The largest absolute Gasteiger partial charge is 0.364 e. The van der Waals surface area contributed by atoms with Gasteiger partial charge in [-0.15, -0.1) is 0 Å². The molecule has 1 amide bonds. The average Bonchev–Trinajstić information content (AvgIpc) is 3.38. The molecule has 0 bridgehead atoms. The highest BCUT2D eigenvalue weighted by Crippen LogP contribution is 2.36. The minimum absolute atomic E-state index is 0.155. The van der Waals surface area contributed by atoms with Gasteiger partial charge in [-0.05, 0) is 25.3 Å². The Morgan fingerprint density at radius 2 is 1.93 bits per heavy atom. The summed E-state index contributed by atoms with van der Waals surface area (Å²) in [5.41, 5.74) is 8.59. The predicted octanol–water partition coefficient (Wildman–Crippen LogP) is 0.983. The molecule has 0 saturated carbocycles. The summed E-state index contributed by atoms with van der Waals surface area (Å²) in [5, 5.41) is 2.96. The number of carbonyl (C=O) groups excluding carboxylic acids is 3. The van der Waals surface area contributed by atoms with Gasteiger partial charge in [-0.2, -0.15) is 0 Å². The third-order valence-electron chi connectivity index (χ3n) is 6.01. The summed E-state index contributed by atoms with van der Waals surface area (Å²) in [7, 11) is 0. The molecule has 1 aromatic heterocycles. The van der Waals surface area contributed by atoms with Gasteiger partial charge in [-0.1, -0.05) is 30.3 Å². The van der Waals surface area contributed by atoms with Crippen LogP contribution in [0.2, 0.25) is 0 Å². The maximum Gasteiger partial charge on any atom is 0.237 e. The lowest BCUT2D eigenvalue weighted by Crippen LogP contribution is -2.43. The fourth-order valence-corrected chi connectivity index (χ4v) is 4.34. The number of nitrogens with one attached hydrogen (secondary N) is 1. The number of fused-ring (bicyclic) bond motifs is 3. The molecule has 1 aliphatic carbocycles. The lowest BCUT2D eigenvalue weighted by atomic mass is 9.95. The summed E-state index contributed by atoms with van der Waals surface area (Å²) in [5.74, 6) is -0.0674. The van der Waals surface area contributed by atoms with Crippen LogP contribution >= 0.6 is 0 Å². The van der Waals surface area contributed by atoms with E-state index < -0.39 is 6.04 Å². The summed E-state index contributed by atoms with van der Waals surface area (Å²) >= 11 is 0. The number of hydrogen-bond donors (Lipinski definition) is 2. The van der Waals surface area contributed by atoms with E-state index in [1.54, 1.807) is 11.5 Å². The van der Waals surface area contributed by atoms with Gasteiger partial charge in [0.15, 0.2) is 0 Å². The number of Topliss-reactive ketones (excluding diaryl/α,β-unsaturated/α-hetero) is 2. The third kappa shape index (κ3) is 2.95. The lowest BCUT2D eigenvalue weighted by molar-refractivity contribution is -0.123. The molecule has 5 rings (SSSR count). The maximum atomic E-state index is 13.0. The zero-order valence-corrected chi connectivity index (χ0v) is 16.7. The molecule has 1 saturated heterocycles. The minimum atomic E-state index is -0.688. The standard InChI is InChI=1S/C22H23N5O3/c1-12-17(26-9-10-26)20(29)16-18(19(12)28)27-8-7-15(21(27)25-16)24-22(30)14(23)11-13-5-3-2-4-6-13/h2-6,14-15H,7-11,23H2,1H3,(H,24,30)/t14-,15-/m0/s1. The highest BCUT2D eigenvalue weighted by Gasteiger charge is 2.43. The molecular weight excluding hydrogens is 382 g/mol. The van der Waals surface area contributed by atoms with Crippen molar-refractivity contribution < 1.29 is 14.4 Å². The number of nitrogens with two attached hydrogens (primary N) is 1. The van der Waals surface area contributed by atoms with Crippen LogP contribution in [-0.2, 0) is 17.8 Å². The number of imidazole rings is 1. The molecule has 8 nitrogen and oxygen atoms in total. The van der Waals surface area contributed by atoms with Gasteiger partial charge >= 0.3 is 0 Å². The SMILES string of the molecule is CC1=C(N2CC2)C(=O)c2nc3n(c2C1=O)CC[C@@H]3NC(=O)[C@@H](N)Cc1ccccc1. The first-order chi connectivity index (χ1) is 14.5. The molecule has 154 valence electrons. The molecule has 2 atom stereocenters. The zero-order chi connectivity index (χ0) is 21.0. The van der Waals surface area contributed by atoms with E-state index in [2.05, 4.69) is 10.3 Å². The second kappa shape index (κ2) is 6.91. The van der Waals surface area contributed by atoms with Crippen molar-refractivity contribution in [2.75, 3.05) is 13.1 Å². The Hall–Kier alpha value is -3.26. The van der Waals surface area contributed by atoms with Gasteiger partial charge in [0.05, 0.1) is 17.8 Å². The van der Waals surface area contributed by atoms with Crippen molar-refractivity contribution in [2.24, 2.45) is 5.73 Å². The van der Waals surface area contributed by atoms with Crippen LogP contribution < -0.4 is 11.1 Å². The fraction of sp³-hybridized carbons (Fsp3) is 0.364. The van der Waals surface area contributed by atoms with E-state index in [9.17, 15) is 14.4 Å². The number of hydrogen-bond acceptors (Lipinski definition) is 6. The number of rotatable bonds is 5. The highest BCUT2D eigenvalue weighted by atomic mass is 16.2. The van der Waals surface area contributed by atoms with Crippen molar-refractivity contribution in [3.63, 3.8) is 0 Å². The second-order valence-electron chi connectivity index (χ2n) is 8.08. The van der Waals surface area contributed by atoms with Crippen LogP contribution in [0.3, 0.4) is 0 Å². The molecule has 1 aromatic carbocycles. The number of benzene rings is 1. The van der Waals surface area contributed by atoms with Crippen LogP contribution in [0.1, 0.15) is 51.8 Å². The topological polar surface area (TPSA) is 110 Å². The second-order valence-corrected chi connectivity index (χ2v) is 8.08. The Morgan fingerprint density at radius 1 is 1.20 bits per heavy atom. The summed E-state index contributed by atoms with van der Waals surface area (Å²) < 4.78 is 1.78. The van der Waals surface area contributed by atoms with Gasteiger partial charge in [0.1, 0.15) is 17.2 Å². The molecule has 2 aromatic rings. The van der Waals surface area contributed by atoms with E-state index in [4.69, 9.17) is 5.73 Å². The molecule has 2 aliphatic heterocycles. The van der Waals surface area contributed by atoms with Crippen LogP contribution in [0.25, 0.3) is 0 Å². The Balaban J connectivity index is 1.36. The monoisotopic (exact) mass is 405 g/mol. The molecule has 0 radical (unpaired) electrons. The van der Waals surface area contributed by atoms with Crippen molar-refractivity contribution >= 4 is 17.5 Å². The highest BCUT2D eigenvalue weighted by molar-refractivity contribution is 6.25. The summed E-state index contributed by atoms with van der Waals surface area (Å²) in [6.07, 6.45) is 1.05. The smallest absolute Gasteiger partial charge is 0.237 e. The van der Waals surface area contributed by atoms with Crippen molar-refractivity contribution in [2.45, 2.75) is 38.4 Å². The summed E-state index contributed by atoms with van der Waals surface area (Å²) in [4.78, 5) is 45.0. The number of allylic oxidation sites excluding steroid dienone is 2. The van der Waals surface area contributed by atoms with E-state index in [1.807, 2.05) is 35.2 Å². The first kappa shape index (κ1) is 18.7. The summed E-state index contributed by atoms with van der Waals surface area (Å²) in [6.45, 7) is 3.80. The third-order valence-corrected chi connectivity index (χ3v) is 6.01. The first-order valence-electron chi connectivity index (χ1n) is 10.2. The maximum absolute atomic E-state index is 13.0.